The summed E-state index contributed by atoms with van der Waals surface area (Å²) < 4.78 is 13.0. The van der Waals surface area contributed by atoms with Gasteiger partial charge in [0.15, 0.2) is 0 Å². The second-order valence-electron chi connectivity index (χ2n) is 5.28. The van der Waals surface area contributed by atoms with E-state index in [1.807, 2.05) is 0 Å². The fraction of sp³-hybridized carbons (Fsp3) is 0.562. The second-order valence-corrected chi connectivity index (χ2v) is 5.28. The van der Waals surface area contributed by atoms with Gasteiger partial charge >= 0.3 is 0 Å². The number of nitrogens with zero attached hydrogens (tertiary/aromatic N) is 3. The molecule has 4 heteroatoms. The average Bonchev–Trinajstić information content (AvgIpc) is 2.50. The first kappa shape index (κ1) is 15.0. The highest BCUT2D eigenvalue weighted by atomic mass is 19.1. The first-order valence-electron chi connectivity index (χ1n) is 7.32. The van der Waals surface area contributed by atoms with Crippen LogP contribution in [0.3, 0.4) is 0 Å². The van der Waals surface area contributed by atoms with Crippen LogP contribution in [0.1, 0.15) is 31.9 Å². The van der Waals surface area contributed by atoms with Gasteiger partial charge in [-0.25, -0.2) is 4.39 Å². The summed E-state index contributed by atoms with van der Waals surface area (Å²) in [5, 5.41) is 9.54. The van der Waals surface area contributed by atoms with Crippen molar-refractivity contribution in [2.75, 3.05) is 26.2 Å². The molecule has 1 aromatic rings. The van der Waals surface area contributed by atoms with E-state index in [2.05, 4.69) is 29.7 Å². The molecule has 0 saturated carbocycles. The molecule has 1 aliphatic rings. The maximum atomic E-state index is 13.0. The molecule has 1 aromatic carbocycles. The van der Waals surface area contributed by atoms with Crippen LogP contribution in [0.25, 0.3) is 0 Å². The highest BCUT2D eigenvalue weighted by molar-refractivity contribution is 5.25. The minimum atomic E-state index is -0.278. The Hall–Kier alpha value is -1.44. The quantitative estimate of drug-likeness (QED) is 0.846. The Morgan fingerprint density at radius 3 is 2.55 bits per heavy atom. The van der Waals surface area contributed by atoms with E-state index in [0.717, 1.165) is 38.2 Å². The van der Waals surface area contributed by atoms with Crippen LogP contribution in [0, 0.1) is 17.1 Å². The molecule has 20 heavy (non-hydrogen) atoms. The molecule has 0 bridgehead atoms. The zero-order chi connectivity index (χ0) is 14.5. The predicted molar refractivity (Wildman–Crippen MR) is 77.7 cm³/mol. The second kappa shape index (κ2) is 6.83. The molecule has 0 N–H and O–H groups in total. The molecule has 1 fully saturated rings. The fourth-order valence-electron chi connectivity index (χ4n) is 2.91. The highest BCUT2D eigenvalue weighted by Crippen LogP contribution is 2.26. The molecule has 1 saturated heterocycles. The lowest BCUT2D eigenvalue weighted by Crippen LogP contribution is -2.53. The summed E-state index contributed by atoms with van der Waals surface area (Å²) in [7, 11) is 0. The van der Waals surface area contributed by atoms with E-state index in [4.69, 9.17) is 0 Å². The molecule has 0 radical (unpaired) electrons. The predicted octanol–water partition coefficient (Wildman–Crippen LogP) is 2.81. The number of likely N-dealkylation sites (N-methyl/N-ethyl adjacent to an activating group) is 1. The third-order valence-corrected chi connectivity index (χ3v) is 4.17. The Balaban J connectivity index is 2.18. The van der Waals surface area contributed by atoms with E-state index in [0.29, 0.717) is 6.04 Å². The summed E-state index contributed by atoms with van der Waals surface area (Å²) in [6.45, 7) is 8.28. The Morgan fingerprint density at radius 1 is 1.30 bits per heavy atom. The average molecular weight is 275 g/mol. The van der Waals surface area contributed by atoms with Crippen LogP contribution in [-0.4, -0.2) is 42.0 Å². The minimum Gasteiger partial charge on any atom is -0.301 e. The van der Waals surface area contributed by atoms with Gasteiger partial charge in [0.05, 0.1) is 6.07 Å². The van der Waals surface area contributed by atoms with Gasteiger partial charge in [-0.2, -0.15) is 5.26 Å². The van der Waals surface area contributed by atoms with E-state index >= 15 is 0 Å². The normalized spacial score (nSPS) is 22.4. The molecule has 0 aromatic heterocycles. The van der Waals surface area contributed by atoms with Crippen molar-refractivity contribution in [3.05, 3.63) is 35.6 Å². The van der Waals surface area contributed by atoms with E-state index in [-0.39, 0.29) is 11.9 Å². The van der Waals surface area contributed by atoms with Gasteiger partial charge in [0.1, 0.15) is 11.9 Å². The number of piperazine rings is 1. The SMILES string of the molecule is CCC1CN(CC)CCN1C(C#N)c1ccc(F)cc1. The van der Waals surface area contributed by atoms with Crippen molar-refractivity contribution in [2.45, 2.75) is 32.4 Å². The van der Waals surface area contributed by atoms with Crippen molar-refractivity contribution in [1.29, 1.82) is 5.26 Å². The van der Waals surface area contributed by atoms with Crippen molar-refractivity contribution in [3.63, 3.8) is 0 Å². The lowest BCUT2D eigenvalue weighted by atomic mass is 10.0. The minimum absolute atomic E-state index is 0.256. The number of benzene rings is 1. The standard InChI is InChI=1S/C16H22FN3/c1-3-15-12-19(4-2)9-10-20(15)16(11-18)13-5-7-14(17)8-6-13/h5-8,15-16H,3-4,9-10,12H2,1-2H3. The van der Waals surface area contributed by atoms with E-state index in [1.165, 1.54) is 12.1 Å². The molecule has 108 valence electrons. The summed E-state index contributed by atoms with van der Waals surface area (Å²) in [5.74, 6) is -0.256. The molecular weight excluding hydrogens is 253 g/mol. The van der Waals surface area contributed by atoms with Crippen LogP contribution in [-0.2, 0) is 0 Å². The van der Waals surface area contributed by atoms with E-state index in [9.17, 15) is 9.65 Å². The first-order valence-corrected chi connectivity index (χ1v) is 7.32. The first-order chi connectivity index (χ1) is 9.69. The summed E-state index contributed by atoms with van der Waals surface area (Å²) in [5.41, 5.74) is 0.886. The molecule has 3 nitrogen and oxygen atoms in total. The zero-order valence-electron chi connectivity index (χ0n) is 12.2. The largest absolute Gasteiger partial charge is 0.301 e. The fourth-order valence-corrected chi connectivity index (χ4v) is 2.91. The third-order valence-electron chi connectivity index (χ3n) is 4.17. The molecule has 0 amide bonds. The van der Waals surface area contributed by atoms with Gasteiger partial charge in [-0.05, 0) is 30.7 Å². The van der Waals surface area contributed by atoms with Gasteiger partial charge in [-0.15, -0.1) is 0 Å². The van der Waals surface area contributed by atoms with Crippen molar-refractivity contribution in [1.82, 2.24) is 9.80 Å². The Morgan fingerprint density at radius 2 is 2.00 bits per heavy atom. The molecule has 2 rings (SSSR count). The van der Waals surface area contributed by atoms with Crippen molar-refractivity contribution in [2.24, 2.45) is 0 Å². The van der Waals surface area contributed by atoms with Crippen molar-refractivity contribution in [3.8, 4) is 6.07 Å². The molecule has 2 unspecified atom stereocenters. The zero-order valence-corrected chi connectivity index (χ0v) is 12.2. The molecule has 1 aliphatic heterocycles. The number of rotatable bonds is 4. The summed E-state index contributed by atoms with van der Waals surface area (Å²) in [6, 6.07) is 8.81. The van der Waals surface area contributed by atoms with Gasteiger partial charge in [-0.1, -0.05) is 26.0 Å². The van der Waals surface area contributed by atoms with Gasteiger partial charge in [0, 0.05) is 25.7 Å². The van der Waals surface area contributed by atoms with E-state index in [1.54, 1.807) is 12.1 Å². The third kappa shape index (κ3) is 3.17. The highest BCUT2D eigenvalue weighted by Gasteiger charge is 2.31. The van der Waals surface area contributed by atoms with Gasteiger partial charge in [0.2, 0.25) is 0 Å². The van der Waals surface area contributed by atoms with Gasteiger partial charge in [0.25, 0.3) is 0 Å². The van der Waals surface area contributed by atoms with Crippen LogP contribution in [0.4, 0.5) is 4.39 Å². The van der Waals surface area contributed by atoms with Crippen LogP contribution in [0.2, 0.25) is 0 Å². The number of halogens is 1. The smallest absolute Gasteiger partial charge is 0.124 e. The summed E-state index contributed by atoms with van der Waals surface area (Å²) >= 11 is 0. The monoisotopic (exact) mass is 275 g/mol. The van der Waals surface area contributed by atoms with Crippen molar-refractivity contribution >= 4 is 0 Å². The maximum absolute atomic E-state index is 13.0. The molecule has 0 spiro atoms. The van der Waals surface area contributed by atoms with Crippen LogP contribution < -0.4 is 0 Å². The van der Waals surface area contributed by atoms with Gasteiger partial charge < -0.3 is 4.90 Å². The molecular formula is C16H22FN3. The Kier molecular flexibility index (Phi) is 5.11. The van der Waals surface area contributed by atoms with Gasteiger partial charge in [-0.3, -0.25) is 4.90 Å². The number of hydrogen-bond donors (Lipinski definition) is 0. The van der Waals surface area contributed by atoms with Crippen LogP contribution in [0.5, 0.6) is 0 Å². The topological polar surface area (TPSA) is 30.3 Å². The molecule has 2 atom stereocenters. The lowest BCUT2D eigenvalue weighted by molar-refractivity contribution is 0.0569. The summed E-state index contributed by atoms with van der Waals surface area (Å²) in [6.07, 6.45) is 1.02. The number of nitriles is 1. The number of hydrogen-bond acceptors (Lipinski definition) is 3. The molecule has 1 heterocycles. The van der Waals surface area contributed by atoms with Crippen LogP contribution in [0.15, 0.2) is 24.3 Å². The van der Waals surface area contributed by atoms with E-state index < -0.39 is 0 Å². The summed E-state index contributed by atoms with van der Waals surface area (Å²) in [4.78, 5) is 4.68. The Labute approximate surface area is 120 Å². The van der Waals surface area contributed by atoms with Crippen LogP contribution >= 0.6 is 0 Å². The Bertz CT molecular complexity index is 466. The van der Waals surface area contributed by atoms with Crippen molar-refractivity contribution < 1.29 is 4.39 Å². The lowest BCUT2D eigenvalue weighted by Gasteiger charge is -2.43. The maximum Gasteiger partial charge on any atom is 0.124 e. The molecule has 0 aliphatic carbocycles.